The molecule has 0 spiro atoms. The van der Waals surface area contributed by atoms with E-state index in [1.165, 1.54) is 18.2 Å². The molecular weight excluding hydrogens is 273 g/mol. The van der Waals surface area contributed by atoms with Gasteiger partial charge in [-0.3, -0.25) is 4.79 Å². The van der Waals surface area contributed by atoms with Gasteiger partial charge in [0.1, 0.15) is 11.6 Å². The maximum Gasteiger partial charge on any atom is 0.265 e. The van der Waals surface area contributed by atoms with Gasteiger partial charge in [0.15, 0.2) is 6.10 Å². The number of rotatable bonds is 5. The highest BCUT2D eigenvalue weighted by Gasteiger charge is 2.15. The second-order valence-electron chi connectivity index (χ2n) is 4.57. The molecule has 2 N–H and O–H groups in total. The van der Waals surface area contributed by atoms with Gasteiger partial charge in [0.2, 0.25) is 0 Å². The molecule has 0 aliphatic rings. The van der Waals surface area contributed by atoms with Crippen molar-refractivity contribution in [2.45, 2.75) is 19.6 Å². The van der Waals surface area contributed by atoms with E-state index in [1.807, 2.05) is 6.07 Å². The lowest BCUT2D eigenvalue weighted by molar-refractivity contribution is -0.122. The Bertz CT molecular complexity index is 616. The minimum atomic E-state index is -0.793. The van der Waals surface area contributed by atoms with Crippen LogP contribution in [0.15, 0.2) is 48.5 Å². The first-order chi connectivity index (χ1) is 10.1. The van der Waals surface area contributed by atoms with E-state index in [0.717, 1.165) is 0 Å². The maximum atomic E-state index is 13.3. The average Bonchev–Trinajstić information content (AvgIpc) is 2.47. The molecule has 0 fully saturated rings. The number of aliphatic hydroxyl groups is 1. The molecule has 0 bridgehead atoms. The fraction of sp³-hybridized carbons (Fsp3) is 0.188. The zero-order valence-electron chi connectivity index (χ0n) is 11.5. The van der Waals surface area contributed by atoms with Crippen molar-refractivity contribution in [3.05, 3.63) is 59.9 Å². The van der Waals surface area contributed by atoms with Crippen LogP contribution in [-0.2, 0) is 11.4 Å². The third-order valence-corrected chi connectivity index (χ3v) is 2.84. The Morgan fingerprint density at radius 3 is 2.67 bits per heavy atom. The number of para-hydroxylation sites is 1. The predicted molar refractivity (Wildman–Crippen MR) is 77.5 cm³/mol. The summed E-state index contributed by atoms with van der Waals surface area (Å²) in [5.41, 5.74) is 1.05. The van der Waals surface area contributed by atoms with Gasteiger partial charge in [-0.1, -0.05) is 18.2 Å². The van der Waals surface area contributed by atoms with Crippen molar-refractivity contribution in [2.75, 3.05) is 5.32 Å². The molecule has 1 amide bonds. The molecule has 0 aromatic heterocycles. The lowest BCUT2D eigenvalue weighted by Gasteiger charge is -2.15. The molecule has 110 valence electrons. The van der Waals surface area contributed by atoms with E-state index in [-0.39, 0.29) is 18.3 Å². The second-order valence-corrected chi connectivity index (χ2v) is 4.57. The molecule has 1 unspecified atom stereocenters. The number of carbonyl (C=O) groups excluding carboxylic acids is 1. The highest BCUT2D eigenvalue weighted by molar-refractivity contribution is 5.94. The number of hydrogen-bond acceptors (Lipinski definition) is 3. The minimum Gasteiger partial charge on any atom is -0.481 e. The summed E-state index contributed by atoms with van der Waals surface area (Å²) < 4.78 is 18.7. The van der Waals surface area contributed by atoms with Crippen LogP contribution in [0, 0.1) is 5.82 Å². The Labute approximate surface area is 122 Å². The van der Waals surface area contributed by atoms with Crippen LogP contribution in [0.1, 0.15) is 12.5 Å². The van der Waals surface area contributed by atoms with Gasteiger partial charge in [0, 0.05) is 11.8 Å². The van der Waals surface area contributed by atoms with E-state index in [4.69, 9.17) is 9.84 Å². The van der Waals surface area contributed by atoms with Crippen LogP contribution in [0.4, 0.5) is 10.1 Å². The summed E-state index contributed by atoms with van der Waals surface area (Å²) in [5, 5.41) is 11.7. The SMILES string of the molecule is CC(Oc1cc(F)cc(CO)c1)C(=O)Nc1ccccc1. The number of aliphatic hydroxyl groups excluding tert-OH is 1. The number of benzene rings is 2. The molecule has 0 aliphatic heterocycles. The summed E-state index contributed by atoms with van der Waals surface area (Å²) >= 11 is 0. The van der Waals surface area contributed by atoms with E-state index in [0.29, 0.717) is 11.3 Å². The Hall–Kier alpha value is -2.40. The van der Waals surface area contributed by atoms with Crippen molar-refractivity contribution in [3.8, 4) is 5.75 Å². The van der Waals surface area contributed by atoms with Gasteiger partial charge in [-0.25, -0.2) is 4.39 Å². The number of nitrogens with one attached hydrogen (secondary N) is 1. The van der Waals surface area contributed by atoms with Crippen molar-refractivity contribution < 1.29 is 19.0 Å². The first-order valence-corrected chi connectivity index (χ1v) is 6.51. The largest absolute Gasteiger partial charge is 0.481 e. The van der Waals surface area contributed by atoms with E-state index >= 15 is 0 Å². The van der Waals surface area contributed by atoms with Gasteiger partial charge < -0.3 is 15.2 Å². The lowest BCUT2D eigenvalue weighted by Crippen LogP contribution is -2.30. The van der Waals surface area contributed by atoms with Crippen LogP contribution >= 0.6 is 0 Å². The van der Waals surface area contributed by atoms with Crippen LogP contribution in [0.3, 0.4) is 0 Å². The first-order valence-electron chi connectivity index (χ1n) is 6.51. The Morgan fingerprint density at radius 1 is 1.29 bits per heavy atom. The third-order valence-electron chi connectivity index (χ3n) is 2.84. The summed E-state index contributed by atoms with van der Waals surface area (Å²) in [6.07, 6.45) is -0.793. The normalized spacial score (nSPS) is 11.8. The molecule has 0 aliphatic carbocycles. The molecular formula is C16H16FNO3. The molecule has 4 nitrogen and oxygen atoms in total. The van der Waals surface area contributed by atoms with Gasteiger partial charge in [-0.2, -0.15) is 0 Å². The smallest absolute Gasteiger partial charge is 0.265 e. The molecule has 0 saturated heterocycles. The summed E-state index contributed by atoms with van der Waals surface area (Å²) in [5.74, 6) is -0.655. The number of anilines is 1. The van der Waals surface area contributed by atoms with Crippen molar-refractivity contribution in [3.63, 3.8) is 0 Å². The Morgan fingerprint density at radius 2 is 2.00 bits per heavy atom. The first kappa shape index (κ1) is 15.0. The maximum absolute atomic E-state index is 13.3. The molecule has 21 heavy (non-hydrogen) atoms. The molecule has 0 heterocycles. The molecule has 2 aromatic carbocycles. The van der Waals surface area contributed by atoms with Crippen molar-refractivity contribution in [1.29, 1.82) is 0 Å². The van der Waals surface area contributed by atoms with Gasteiger partial charge in [-0.05, 0) is 36.8 Å². The monoisotopic (exact) mass is 289 g/mol. The average molecular weight is 289 g/mol. The summed E-state index contributed by atoms with van der Waals surface area (Å²) in [6.45, 7) is 1.28. The number of carbonyl (C=O) groups is 1. The summed E-state index contributed by atoms with van der Waals surface area (Å²) in [6, 6.07) is 12.9. The van der Waals surface area contributed by atoms with E-state index in [1.54, 1.807) is 31.2 Å². The summed E-state index contributed by atoms with van der Waals surface area (Å²) in [4.78, 5) is 12.0. The Kier molecular flexibility index (Phi) is 4.90. The summed E-state index contributed by atoms with van der Waals surface area (Å²) in [7, 11) is 0. The van der Waals surface area contributed by atoms with Crippen LogP contribution < -0.4 is 10.1 Å². The second kappa shape index (κ2) is 6.85. The van der Waals surface area contributed by atoms with Crippen molar-refractivity contribution >= 4 is 11.6 Å². The Balaban J connectivity index is 2.02. The van der Waals surface area contributed by atoms with Crippen molar-refractivity contribution in [1.82, 2.24) is 0 Å². The minimum absolute atomic E-state index is 0.203. The number of amides is 1. The van der Waals surface area contributed by atoms with Crippen LogP contribution in [0.2, 0.25) is 0 Å². The number of halogens is 1. The topological polar surface area (TPSA) is 58.6 Å². The lowest BCUT2D eigenvalue weighted by atomic mass is 10.2. The molecule has 1 atom stereocenters. The van der Waals surface area contributed by atoms with E-state index in [2.05, 4.69) is 5.32 Å². The quantitative estimate of drug-likeness (QED) is 0.889. The van der Waals surface area contributed by atoms with Crippen molar-refractivity contribution in [2.24, 2.45) is 0 Å². The zero-order chi connectivity index (χ0) is 15.2. The van der Waals surface area contributed by atoms with Gasteiger partial charge >= 0.3 is 0 Å². The molecule has 2 aromatic rings. The van der Waals surface area contributed by atoms with E-state index < -0.39 is 11.9 Å². The molecule has 0 saturated carbocycles. The standard InChI is InChI=1S/C16H16FNO3/c1-11(16(20)18-14-5-3-2-4-6-14)21-15-8-12(10-19)7-13(17)9-15/h2-9,11,19H,10H2,1H3,(H,18,20). The molecule has 2 rings (SSSR count). The molecule has 5 heteroatoms. The fourth-order valence-electron chi connectivity index (χ4n) is 1.80. The third kappa shape index (κ3) is 4.29. The van der Waals surface area contributed by atoms with Crippen LogP contribution in [0.5, 0.6) is 5.75 Å². The highest BCUT2D eigenvalue weighted by Crippen LogP contribution is 2.18. The van der Waals surface area contributed by atoms with Gasteiger partial charge in [0.05, 0.1) is 6.61 Å². The van der Waals surface area contributed by atoms with Gasteiger partial charge in [0.25, 0.3) is 5.91 Å². The molecule has 0 radical (unpaired) electrons. The van der Waals surface area contributed by atoms with E-state index in [9.17, 15) is 9.18 Å². The number of ether oxygens (including phenoxy) is 1. The van der Waals surface area contributed by atoms with Gasteiger partial charge in [-0.15, -0.1) is 0 Å². The predicted octanol–water partition coefficient (Wildman–Crippen LogP) is 2.72. The fourth-order valence-corrected chi connectivity index (χ4v) is 1.80. The highest BCUT2D eigenvalue weighted by atomic mass is 19.1. The number of hydrogen-bond donors (Lipinski definition) is 2. The zero-order valence-corrected chi connectivity index (χ0v) is 11.5. The van der Waals surface area contributed by atoms with Crippen LogP contribution in [0.25, 0.3) is 0 Å². The van der Waals surface area contributed by atoms with Crippen LogP contribution in [-0.4, -0.2) is 17.1 Å².